The lowest BCUT2D eigenvalue weighted by molar-refractivity contribution is 0.410. The normalized spacial score (nSPS) is 23.0. The molecule has 5 heteroatoms. The Labute approximate surface area is 142 Å². The van der Waals surface area contributed by atoms with Gasteiger partial charge in [-0.3, -0.25) is 0 Å². The van der Waals surface area contributed by atoms with Crippen LogP contribution in [0.2, 0.25) is 0 Å². The minimum absolute atomic E-state index is 0.348. The molecule has 2 aliphatic carbocycles. The first-order valence-electron chi connectivity index (χ1n) is 8.97. The maximum Gasteiger partial charge on any atom is 0.222 e. The number of fused-ring (bicyclic) bond motifs is 3. The van der Waals surface area contributed by atoms with Gasteiger partial charge in [0.05, 0.1) is 5.69 Å². The number of nitrogen functional groups attached to an aromatic ring is 1. The lowest BCUT2D eigenvalue weighted by Crippen LogP contribution is -2.33. The van der Waals surface area contributed by atoms with Gasteiger partial charge in [0.2, 0.25) is 5.95 Å². The average Bonchev–Trinajstić information content (AvgIpc) is 2.77. The molecule has 0 unspecified atom stereocenters. The van der Waals surface area contributed by atoms with E-state index >= 15 is 0 Å². The predicted octanol–water partition coefficient (Wildman–Crippen LogP) is 2.90. The number of aryl methyl sites for hydroxylation is 1. The zero-order valence-corrected chi connectivity index (χ0v) is 14.0. The fourth-order valence-electron chi connectivity index (χ4n) is 3.96. The number of hydrogen-bond acceptors (Lipinski definition) is 5. The van der Waals surface area contributed by atoms with Crippen molar-refractivity contribution in [2.75, 3.05) is 11.1 Å². The van der Waals surface area contributed by atoms with E-state index in [4.69, 9.17) is 11.5 Å². The summed E-state index contributed by atoms with van der Waals surface area (Å²) >= 11 is 0. The highest BCUT2D eigenvalue weighted by Crippen LogP contribution is 2.35. The van der Waals surface area contributed by atoms with Gasteiger partial charge in [0.1, 0.15) is 5.82 Å². The minimum atomic E-state index is 0.348. The summed E-state index contributed by atoms with van der Waals surface area (Å²) in [4.78, 5) is 9.13. The van der Waals surface area contributed by atoms with Crippen molar-refractivity contribution in [2.45, 2.75) is 57.0 Å². The van der Waals surface area contributed by atoms with Gasteiger partial charge in [-0.1, -0.05) is 24.3 Å². The van der Waals surface area contributed by atoms with Crippen LogP contribution in [0.3, 0.4) is 0 Å². The van der Waals surface area contributed by atoms with Crippen LogP contribution >= 0.6 is 0 Å². The first-order valence-corrected chi connectivity index (χ1v) is 8.97. The lowest BCUT2D eigenvalue weighted by Gasteiger charge is -2.28. The molecule has 0 atom stereocenters. The monoisotopic (exact) mass is 323 g/mol. The van der Waals surface area contributed by atoms with Gasteiger partial charge in [-0.25, -0.2) is 4.98 Å². The first kappa shape index (κ1) is 15.4. The van der Waals surface area contributed by atoms with Crippen LogP contribution in [-0.4, -0.2) is 22.1 Å². The molecule has 126 valence electrons. The van der Waals surface area contributed by atoms with E-state index in [2.05, 4.69) is 39.6 Å². The summed E-state index contributed by atoms with van der Waals surface area (Å²) in [6.07, 6.45) is 7.50. The Hall–Kier alpha value is -2.14. The number of rotatable bonds is 2. The number of nitrogens with zero attached hydrogens (tertiary/aromatic N) is 2. The molecule has 5 nitrogen and oxygen atoms in total. The van der Waals surface area contributed by atoms with Crippen molar-refractivity contribution in [2.24, 2.45) is 5.73 Å². The van der Waals surface area contributed by atoms with Crippen molar-refractivity contribution in [1.82, 2.24) is 9.97 Å². The van der Waals surface area contributed by atoms with Gasteiger partial charge >= 0.3 is 0 Å². The van der Waals surface area contributed by atoms with E-state index in [1.807, 2.05) is 0 Å². The molecule has 1 aromatic heterocycles. The van der Waals surface area contributed by atoms with Crippen LogP contribution < -0.4 is 16.8 Å². The van der Waals surface area contributed by atoms with E-state index in [1.165, 1.54) is 16.7 Å². The maximum absolute atomic E-state index is 6.04. The SMILES string of the molecule is Nc1nc(NC2CCC(N)CC2)c2c(n1)-c1ccccc1CCC2. The van der Waals surface area contributed by atoms with Gasteiger partial charge in [-0.15, -0.1) is 0 Å². The molecule has 0 radical (unpaired) electrons. The molecule has 5 N–H and O–H groups in total. The van der Waals surface area contributed by atoms with Gasteiger partial charge in [0, 0.05) is 23.2 Å². The van der Waals surface area contributed by atoms with Crippen molar-refractivity contribution in [3.63, 3.8) is 0 Å². The smallest absolute Gasteiger partial charge is 0.222 e. The van der Waals surface area contributed by atoms with Crippen molar-refractivity contribution in [3.8, 4) is 11.3 Å². The number of aromatic nitrogens is 2. The summed E-state index contributed by atoms with van der Waals surface area (Å²) in [5, 5.41) is 3.64. The summed E-state index contributed by atoms with van der Waals surface area (Å²) in [5.74, 6) is 1.27. The molecule has 4 rings (SSSR count). The lowest BCUT2D eigenvalue weighted by atomic mass is 9.91. The van der Waals surface area contributed by atoms with Crippen LogP contribution in [0.5, 0.6) is 0 Å². The molecule has 2 aliphatic rings. The van der Waals surface area contributed by atoms with Gasteiger partial charge in [0.15, 0.2) is 0 Å². The topological polar surface area (TPSA) is 89.8 Å². The van der Waals surface area contributed by atoms with Crippen LogP contribution in [0.25, 0.3) is 11.3 Å². The van der Waals surface area contributed by atoms with E-state index in [-0.39, 0.29) is 0 Å². The molecule has 1 aromatic carbocycles. The summed E-state index contributed by atoms with van der Waals surface area (Å²) in [6, 6.07) is 9.29. The quantitative estimate of drug-likeness (QED) is 0.790. The van der Waals surface area contributed by atoms with Crippen LogP contribution in [0.1, 0.15) is 43.2 Å². The maximum atomic E-state index is 6.04. The molecule has 1 fully saturated rings. The summed E-state index contributed by atoms with van der Waals surface area (Å²) in [5.41, 5.74) is 16.8. The fraction of sp³-hybridized carbons (Fsp3) is 0.474. The Balaban J connectivity index is 1.71. The molecular formula is C19H25N5. The fourth-order valence-corrected chi connectivity index (χ4v) is 3.96. The largest absolute Gasteiger partial charge is 0.368 e. The Morgan fingerprint density at radius 1 is 1.00 bits per heavy atom. The van der Waals surface area contributed by atoms with E-state index in [1.54, 1.807) is 0 Å². The van der Waals surface area contributed by atoms with Crippen molar-refractivity contribution >= 4 is 11.8 Å². The minimum Gasteiger partial charge on any atom is -0.368 e. The number of benzene rings is 1. The summed E-state index contributed by atoms with van der Waals surface area (Å²) in [6.45, 7) is 0. The zero-order chi connectivity index (χ0) is 16.5. The Kier molecular flexibility index (Phi) is 4.10. The molecule has 0 bridgehead atoms. The zero-order valence-electron chi connectivity index (χ0n) is 14.0. The van der Waals surface area contributed by atoms with Crippen LogP contribution in [0.15, 0.2) is 24.3 Å². The van der Waals surface area contributed by atoms with Crippen LogP contribution in [0.4, 0.5) is 11.8 Å². The molecule has 0 amide bonds. The van der Waals surface area contributed by atoms with Crippen molar-refractivity contribution in [3.05, 3.63) is 35.4 Å². The van der Waals surface area contributed by atoms with Crippen LogP contribution in [0, 0.1) is 0 Å². The molecule has 1 saturated carbocycles. The van der Waals surface area contributed by atoms with Crippen molar-refractivity contribution in [1.29, 1.82) is 0 Å². The second kappa shape index (κ2) is 6.40. The molecule has 24 heavy (non-hydrogen) atoms. The highest BCUT2D eigenvalue weighted by molar-refractivity contribution is 5.73. The standard InChI is InChI=1S/C19H25N5/c20-13-8-10-14(11-9-13)22-18-16-7-3-5-12-4-1-2-6-15(12)17(16)23-19(21)24-18/h1-2,4,6,13-14H,3,5,7-11,20H2,(H3,21,22,23,24). The third kappa shape index (κ3) is 2.96. The molecule has 0 spiro atoms. The van der Waals surface area contributed by atoms with Gasteiger partial charge in [-0.2, -0.15) is 4.98 Å². The summed E-state index contributed by atoms with van der Waals surface area (Å²) in [7, 11) is 0. The van der Waals surface area contributed by atoms with Gasteiger partial charge < -0.3 is 16.8 Å². The third-order valence-corrected chi connectivity index (χ3v) is 5.28. The second-order valence-electron chi connectivity index (χ2n) is 7.02. The number of anilines is 2. The molecule has 1 heterocycles. The van der Waals surface area contributed by atoms with Gasteiger partial charge in [-0.05, 0) is 50.5 Å². The third-order valence-electron chi connectivity index (χ3n) is 5.28. The van der Waals surface area contributed by atoms with E-state index in [0.717, 1.165) is 56.5 Å². The number of hydrogen-bond donors (Lipinski definition) is 3. The molecule has 2 aromatic rings. The van der Waals surface area contributed by atoms with E-state index < -0.39 is 0 Å². The Bertz CT molecular complexity index is 735. The molecule has 0 saturated heterocycles. The highest BCUT2D eigenvalue weighted by Gasteiger charge is 2.23. The number of nitrogens with two attached hydrogens (primary N) is 2. The number of nitrogens with one attached hydrogen (secondary N) is 1. The molecular weight excluding hydrogens is 298 g/mol. The highest BCUT2D eigenvalue weighted by atomic mass is 15.1. The predicted molar refractivity (Wildman–Crippen MR) is 97.8 cm³/mol. The van der Waals surface area contributed by atoms with Crippen LogP contribution in [-0.2, 0) is 12.8 Å². The van der Waals surface area contributed by atoms with E-state index in [9.17, 15) is 0 Å². The Morgan fingerprint density at radius 2 is 1.79 bits per heavy atom. The van der Waals surface area contributed by atoms with E-state index in [0.29, 0.717) is 18.0 Å². The average molecular weight is 323 g/mol. The van der Waals surface area contributed by atoms with Crippen molar-refractivity contribution < 1.29 is 0 Å². The molecule has 0 aliphatic heterocycles. The van der Waals surface area contributed by atoms with Gasteiger partial charge in [0.25, 0.3) is 0 Å². The Morgan fingerprint density at radius 3 is 2.62 bits per heavy atom. The first-order chi connectivity index (χ1) is 11.7. The second-order valence-corrected chi connectivity index (χ2v) is 7.02. The summed E-state index contributed by atoms with van der Waals surface area (Å²) < 4.78 is 0.